The van der Waals surface area contributed by atoms with Crippen LogP contribution in [-0.4, -0.2) is 32.8 Å². The summed E-state index contributed by atoms with van der Waals surface area (Å²) in [4.78, 5) is 12.3. The second kappa shape index (κ2) is 7.34. The summed E-state index contributed by atoms with van der Waals surface area (Å²) in [7, 11) is -0.621. The van der Waals surface area contributed by atoms with E-state index < -0.39 is 22.1 Å². The van der Waals surface area contributed by atoms with E-state index in [4.69, 9.17) is 16.3 Å². The minimum Gasteiger partial charge on any atom is -0.454 e. The predicted octanol–water partition coefficient (Wildman–Crippen LogP) is 3.51. The molecule has 2 rings (SSSR count). The third kappa shape index (κ3) is 4.14. The highest BCUT2D eigenvalue weighted by Gasteiger charge is 2.19. The summed E-state index contributed by atoms with van der Waals surface area (Å²) in [5, 5.41) is 0.606. The number of rotatable bonds is 5. The highest BCUT2D eigenvalue weighted by molar-refractivity contribution is 7.89. The predicted molar refractivity (Wildman–Crippen MR) is 92.6 cm³/mol. The van der Waals surface area contributed by atoms with Gasteiger partial charge in [0.25, 0.3) is 0 Å². The summed E-state index contributed by atoms with van der Waals surface area (Å²) in [5.41, 5.74) is 1.10. The molecular weight excluding hydrogens is 350 g/mol. The molecule has 0 bridgehead atoms. The molecule has 24 heavy (non-hydrogen) atoms. The lowest BCUT2D eigenvalue weighted by Crippen LogP contribution is -2.22. The van der Waals surface area contributed by atoms with Crippen LogP contribution in [0.5, 0.6) is 0 Å². The van der Waals surface area contributed by atoms with Crippen LogP contribution in [0.2, 0.25) is 5.02 Å². The molecular formula is C17H18ClNO4S. The molecule has 0 aliphatic heterocycles. The van der Waals surface area contributed by atoms with Gasteiger partial charge >= 0.3 is 5.97 Å². The maximum absolute atomic E-state index is 12.2. The Morgan fingerprint density at radius 3 is 2.08 bits per heavy atom. The first kappa shape index (κ1) is 18.4. The topological polar surface area (TPSA) is 63.7 Å². The Morgan fingerprint density at radius 2 is 1.58 bits per heavy atom. The lowest BCUT2D eigenvalue weighted by atomic mass is 10.1. The van der Waals surface area contributed by atoms with Gasteiger partial charge in [0, 0.05) is 19.1 Å². The van der Waals surface area contributed by atoms with E-state index in [0.29, 0.717) is 5.02 Å². The SMILES string of the molecule is C[C@@H](OC(=O)c1ccc(S(=O)(=O)N(C)C)cc1)c1ccc(Cl)cc1. The minimum atomic E-state index is -3.52. The minimum absolute atomic E-state index is 0.120. The fourth-order valence-electron chi connectivity index (χ4n) is 2.00. The van der Waals surface area contributed by atoms with Crippen LogP contribution in [0, 0.1) is 0 Å². The molecule has 0 aliphatic rings. The molecule has 0 fully saturated rings. The van der Waals surface area contributed by atoms with Gasteiger partial charge in [-0.2, -0.15) is 0 Å². The summed E-state index contributed by atoms with van der Waals surface area (Å²) >= 11 is 5.83. The smallest absolute Gasteiger partial charge is 0.338 e. The van der Waals surface area contributed by atoms with E-state index in [1.807, 2.05) is 0 Å². The summed E-state index contributed by atoms with van der Waals surface area (Å²) in [6.45, 7) is 1.76. The largest absolute Gasteiger partial charge is 0.454 e. The monoisotopic (exact) mass is 367 g/mol. The lowest BCUT2D eigenvalue weighted by molar-refractivity contribution is 0.0338. The Labute approximate surface area is 146 Å². The van der Waals surface area contributed by atoms with Gasteiger partial charge in [-0.1, -0.05) is 23.7 Å². The van der Waals surface area contributed by atoms with Gasteiger partial charge in [0.15, 0.2) is 0 Å². The molecule has 0 amide bonds. The molecule has 0 N–H and O–H groups in total. The zero-order valence-corrected chi connectivity index (χ0v) is 15.1. The molecule has 0 saturated carbocycles. The molecule has 0 unspecified atom stereocenters. The van der Waals surface area contributed by atoms with Crippen molar-refractivity contribution in [3.8, 4) is 0 Å². The number of halogens is 1. The Morgan fingerprint density at radius 1 is 1.04 bits per heavy atom. The van der Waals surface area contributed by atoms with E-state index in [2.05, 4.69) is 0 Å². The number of carbonyl (C=O) groups excluding carboxylic acids is 1. The molecule has 0 spiro atoms. The van der Waals surface area contributed by atoms with E-state index in [1.54, 1.807) is 31.2 Å². The number of hydrogen-bond donors (Lipinski definition) is 0. The van der Waals surface area contributed by atoms with Gasteiger partial charge in [0.2, 0.25) is 10.0 Å². The van der Waals surface area contributed by atoms with E-state index in [1.165, 1.54) is 38.4 Å². The van der Waals surface area contributed by atoms with E-state index in [-0.39, 0.29) is 10.5 Å². The van der Waals surface area contributed by atoms with Crippen molar-refractivity contribution in [2.45, 2.75) is 17.9 Å². The number of esters is 1. The fourth-order valence-corrected chi connectivity index (χ4v) is 3.03. The van der Waals surface area contributed by atoms with Crippen molar-refractivity contribution in [1.29, 1.82) is 0 Å². The van der Waals surface area contributed by atoms with E-state index in [0.717, 1.165) is 9.87 Å². The molecule has 0 heterocycles. The quantitative estimate of drug-likeness (QED) is 0.758. The third-order valence-corrected chi connectivity index (χ3v) is 5.57. The summed E-state index contributed by atoms with van der Waals surface area (Å²) in [6.07, 6.45) is -0.444. The van der Waals surface area contributed by atoms with Gasteiger partial charge in [0.1, 0.15) is 6.10 Å². The summed E-state index contributed by atoms with van der Waals surface area (Å²) in [5.74, 6) is -0.522. The van der Waals surface area contributed by atoms with Crippen LogP contribution in [0.4, 0.5) is 0 Å². The van der Waals surface area contributed by atoms with Crippen molar-refractivity contribution >= 4 is 27.6 Å². The van der Waals surface area contributed by atoms with Crippen LogP contribution >= 0.6 is 11.6 Å². The number of carbonyl (C=O) groups is 1. The highest BCUT2D eigenvalue weighted by Crippen LogP contribution is 2.21. The average Bonchev–Trinajstić information content (AvgIpc) is 2.55. The Kier molecular flexibility index (Phi) is 5.64. The lowest BCUT2D eigenvalue weighted by Gasteiger charge is -2.14. The Hall–Kier alpha value is -1.89. The van der Waals surface area contributed by atoms with Crippen molar-refractivity contribution in [2.24, 2.45) is 0 Å². The van der Waals surface area contributed by atoms with Gasteiger partial charge in [-0.05, 0) is 48.9 Å². The molecule has 0 aromatic heterocycles. The number of hydrogen-bond acceptors (Lipinski definition) is 4. The Bertz CT molecular complexity index is 815. The standard InChI is InChI=1S/C17H18ClNO4S/c1-12(13-4-8-15(18)9-5-13)23-17(20)14-6-10-16(11-7-14)24(21,22)19(2)3/h4-12H,1-3H3/t12-/m1/s1. The van der Waals surface area contributed by atoms with Crippen LogP contribution in [0.1, 0.15) is 28.9 Å². The zero-order chi connectivity index (χ0) is 17.9. The van der Waals surface area contributed by atoms with Gasteiger partial charge in [-0.3, -0.25) is 0 Å². The number of nitrogens with zero attached hydrogens (tertiary/aromatic N) is 1. The zero-order valence-electron chi connectivity index (χ0n) is 13.6. The Balaban J connectivity index is 2.11. The number of ether oxygens (including phenoxy) is 1. The fraction of sp³-hybridized carbons (Fsp3) is 0.235. The van der Waals surface area contributed by atoms with Crippen LogP contribution in [0.3, 0.4) is 0 Å². The molecule has 2 aromatic carbocycles. The maximum atomic E-state index is 12.2. The van der Waals surface area contributed by atoms with Crippen molar-refractivity contribution in [1.82, 2.24) is 4.31 Å². The van der Waals surface area contributed by atoms with Crippen LogP contribution in [0.25, 0.3) is 0 Å². The summed E-state index contributed by atoms with van der Waals surface area (Å²) in [6, 6.07) is 12.7. The normalized spacial score (nSPS) is 12.9. The van der Waals surface area contributed by atoms with Gasteiger partial charge in [-0.25, -0.2) is 17.5 Å². The molecule has 0 aliphatic carbocycles. The first-order chi connectivity index (χ1) is 11.2. The number of benzene rings is 2. The highest BCUT2D eigenvalue weighted by atomic mass is 35.5. The molecule has 1 atom stereocenters. The summed E-state index contributed by atoms with van der Waals surface area (Å²) < 4.78 is 30.5. The first-order valence-corrected chi connectivity index (χ1v) is 9.02. The van der Waals surface area contributed by atoms with E-state index >= 15 is 0 Å². The molecule has 0 radical (unpaired) electrons. The second-order valence-corrected chi connectivity index (χ2v) is 8.00. The van der Waals surface area contributed by atoms with Gasteiger partial charge in [0.05, 0.1) is 10.5 Å². The molecule has 128 valence electrons. The third-order valence-electron chi connectivity index (χ3n) is 3.49. The first-order valence-electron chi connectivity index (χ1n) is 7.21. The maximum Gasteiger partial charge on any atom is 0.338 e. The van der Waals surface area contributed by atoms with Gasteiger partial charge < -0.3 is 4.74 Å². The van der Waals surface area contributed by atoms with Crippen molar-refractivity contribution in [3.63, 3.8) is 0 Å². The van der Waals surface area contributed by atoms with E-state index in [9.17, 15) is 13.2 Å². The van der Waals surface area contributed by atoms with Crippen molar-refractivity contribution in [3.05, 3.63) is 64.7 Å². The molecule has 5 nitrogen and oxygen atoms in total. The molecule has 0 saturated heterocycles. The second-order valence-electron chi connectivity index (χ2n) is 5.41. The molecule has 2 aromatic rings. The van der Waals surface area contributed by atoms with Gasteiger partial charge in [-0.15, -0.1) is 0 Å². The van der Waals surface area contributed by atoms with Crippen LogP contribution < -0.4 is 0 Å². The molecule has 7 heteroatoms. The van der Waals surface area contributed by atoms with Crippen molar-refractivity contribution in [2.75, 3.05) is 14.1 Å². The van der Waals surface area contributed by atoms with Crippen LogP contribution in [0.15, 0.2) is 53.4 Å². The van der Waals surface area contributed by atoms with Crippen molar-refractivity contribution < 1.29 is 17.9 Å². The number of sulfonamides is 1. The average molecular weight is 368 g/mol. The van der Waals surface area contributed by atoms with Crippen LogP contribution in [-0.2, 0) is 14.8 Å².